The Labute approximate surface area is 96.0 Å². The average Bonchev–Trinajstić information content (AvgIpc) is 2.27. The molecule has 0 saturated heterocycles. The summed E-state index contributed by atoms with van der Waals surface area (Å²) >= 11 is 0. The molecule has 1 saturated carbocycles. The van der Waals surface area contributed by atoms with Gasteiger partial charge >= 0.3 is 0 Å². The summed E-state index contributed by atoms with van der Waals surface area (Å²) in [5.41, 5.74) is 0.790. The van der Waals surface area contributed by atoms with E-state index in [9.17, 15) is 5.11 Å². The van der Waals surface area contributed by atoms with Gasteiger partial charge in [-0.05, 0) is 24.8 Å². The number of methoxy groups -OCH3 is 1. The van der Waals surface area contributed by atoms with Crippen LogP contribution in [0.5, 0.6) is 11.5 Å². The molecule has 1 aliphatic rings. The summed E-state index contributed by atoms with van der Waals surface area (Å²) in [6.45, 7) is 0.713. The number of hydrogen-bond acceptors (Lipinski definition) is 3. The summed E-state index contributed by atoms with van der Waals surface area (Å²) in [6.07, 6.45) is 3.82. The van der Waals surface area contributed by atoms with E-state index in [1.807, 2.05) is 18.2 Å². The molecule has 1 aliphatic carbocycles. The van der Waals surface area contributed by atoms with Gasteiger partial charge in [-0.15, -0.1) is 0 Å². The molecule has 0 unspecified atom stereocenters. The molecule has 0 aromatic heterocycles. The van der Waals surface area contributed by atoms with Gasteiger partial charge in [0.05, 0.1) is 20.3 Å². The number of para-hydroxylation sites is 1. The van der Waals surface area contributed by atoms with E-state index in [-0.39, 0.29) is 6.61 Å². The Balaban J connectivity index is 2.08. The van der Waals surface area contributed by atoms with E-state index in [1.165, 1.54) is 19.3 Å². The number of rotatable bonds is 5. The Morgan fingerprint density at radius 3 is 2.75 bits per heavy atom. The van der Waals surface area contributed by atoms with Gasteiger partial charge in [-0.25, -0.2) is 0 Å². The van der Waals surface area contributed by atoms with Crippen molar-refractivity contribution in [1.82, 2.24) is 0 Å². The fraction of sp³-hybridized carbons (Fsp3) is 0.538. The summed E-state index contributed by atoms with van der Waals surface area (Å²) in [4.78, 5) is 0. The van der Waals surface area contributed by atoms with E-state index in [2.05, 4.69) is 0 Å². The van der Waals surface area contributed by atoms with Crippen molar-refractivity contribution >= 4 is 0 Å². The predicted molar refractivity (Wildman–Crippen MR) is 61.8 cm³/mol. The zero-order valence-corrected chi connectivity index (χ0v) is 9.61. The maximum atomic E-state index is 9.24. The molecule has 1 N–H and O–H groups in total. The van der Waals surface area contributed by atoms with Gasteiger partial charge in [0.2, 0.25) is 0 Å². The summed E-state index contributed by atoms with van der Waals surface area (Å²) < 4.78 is 11.0. The van der Waals surface area contributed by atoms with Gasteiger partial charge < -0.3 is 14.6 Å². The standard InChI is InChI=1S/C13H18O3/c1-15-12-7-3-6-11(8-14)13(12)16-9-10-4-2-5-10/h3,6-7,10,14H,2,4-5,8-9H2,1H3. The van der Waals surface area contributed by atoms with Gasteiger partial charge in [0.15, 0.2) is 11.5 Å². The summed E-state index contributed by atoms with van der Waals surface area (Å²) in [6, 6.07) is 5.58. The van der Waals surface area contributed by atoms with Crippen molar-refractivity contribution in [2.75, 3.05) is 13.7 Å². The lowest BCUT2D eigenvalue weighted by Crippen LogP contribution is -2.19. The van der Waals surface area contributed by atoms with Crippen LogP contribution in [-0.4, -0.2) is 18.8 Å². The highest BCUT2D eigenvalue weighted by Crippen LogP contribution is 2.33. The van der Waals surface area contributed by atoms with Crippen molar-refractivity contribution in [3.8, 4) is 11.5 Å². The van der Waals surface area contributed by atoms with Crippen LogP contribution in [0.15, 0.2) is 18.2 Å². The third kappa shape index (κ3) is 2.30. The van der Waals surface area contributed by atoms with E-state index in [0.29, 0.717) is 17.4 Å². The molecule has 0 radical (unpaired) electrons. The smallest absolute Gasteiger partial charge is 0.166 e. The Bertz CT molecular complexity index is 323. The van der Waals surface area contributed by atoms with Gasteiger partial charge in [-0.2, -0.15) is 0 Å². The largest absolute Gasteiger partial charge is 0.493 e. The first-order valence-corrected chi connectivity index (χ1v) is 5.74. The molecule has 1 aromatic carbocycles. The second-order valence-corrected chi connectivity index (χ2v) is 4.21. The van der Waals surface area contributed by atoms with Crippen LogP contribution in [0.4, 0.5) is 0 Å². The molecule has 0 aliphatic heterocycles. The molecular weight excluding hydrogens is 204 g/mol. The Hall–Kier alpha value is -1.22. The second-order valence-electron chi connectivity index (χ2n) is 4.21. The molecule has 0 amide bonds. The maximum absolute atomic E-state index is 9.24. The van der Waals surface area contributed by atoms with Crippen LogP contribution in [0, 0.1) is 5.92 Å². The summed E-state index contributed by atoms with van der Waals surface area (Å²) in [7, 11) is 1.62. The van der Waals surface area contributed by atoms with Crippen molar-refractivity contribution in [2.24, 2.45) is 5.92 Å². The van der Waals surface area contributed by atoms with Crippen molar-refractivity contribution in [3.05, 3.63) is 23.8 Å². The van der Waals surface area contributed by atoms with Crippen LogP contribution in [0.1, 0.15) is 24.8 Å². The molecule has 0 spiro atoms. The highest BCUT2D eigenvalue weighted by atomic mass is 16.5. The first-order valence-electron chi connectivity index (χ1n) is 5.74. The number of ether oxygens (including phenoxy) is 2. The number of hydrogen-bond donors (Lipinski definition) is 1. The van der Waals surface area contributed by atoms with Crippen LogP contribution >= 0.6 is 0 Å². The Morgan fingerprint density at radius 2 is 2.19 bits per heavy atom. The topological polar surface area (TPSA) is 38.7 Å². The molecule has 0 heterocycles. The number of aliphatic hydroxyl groups is 1. The molecular formula is C13H18O3. The number of aliphatic hydroxyl groups excluding tert-OH is 1. The van der Waals surface area contributed by atoms with Crippen LogP contribution < -0.4 is 9.47 Å². The lowest BCUT2D eigenvalue weighted by Gasteiger charge is -2.26. The molecule has 1 fully saturated rings. The minimum absolute atomic E-state index is 0.0167. The van der Waals surface area contributed by atoms with Crippen LogP contribution in [0.25, 0.3) is 0 Å². The third-order valence-corrected chi connectivity index (χ3v) is 3.14. The van der Waals surface area contributed by atoms with Gasteiger partial charge in [-0.3, -0.25) is 0 Å². The van der Waals surface area contributed by atoms with Gasteiger partial charge in [-0.1, -0.05) is 18.6 Å². The molecule has 0 atom stereocenters. The van der Waals surface area contributed by atoms with E-state index in [1.54, 1.807) is 7.11 Å². The third-order valence-electron chi connectivity index (χ3n) is 3.14. The monoisotopic (exact) mass is 222 g/mol. The molecule has 16 heavy (non-hydrogen) atoms. The molecule has 3 heteroatoms. The lowest BCUT2D eigenvalue weighted by atomic mass is 9.86. The highest BCUT2D eigenvalue weighted by Gasteiger charge is 2.19. The van der Waals surface area contributed by atoms with Crippen LogP contribution in [0.3, 0.4) is 0 Å². The van der Waals surface area contributed by atoms with Crippen molar-refractivity contribution in [1.29, 1.82) is 0 Å². The normalized spacial score (nSPS) is 15.6. The zero-order chi connectivity index (χ0) is 11.4. The van der Waals surface area contributed by atoms with Crippen molar-refractivity contribution < 1.29 is 14.6 Å². The Kier molecular flexibility index (Phi) is 3.67. The first kappa shape index (κ1) is 11.3. The quantitative estimate of drug-likeness (QED) is 0.831. The van der Waals surface area contributed by atoms with E-state index in [0.717, 1.165) is 12.2 Å². The van der Waals surface area contributed by atoms with Gasteiger partial charge in [0.1, 0.15) is 0 Å². The maximum Gasteiger partial charge on any atom is 0.166 e. The minimum Gasteiger partial charge on any atom is -0.493 e. The lowest BCUT2D eigenvalue weighted by molar-refractivity contribution is 0.171. The van der Waals surface area contributed by atoms with Crippen molar-refractivity contribution in [3.63, 3.8) is 0 Å². The first-order chi connectivity index (χ1) is 7.85. The summed E-state index contributed by atoms with van der Waals surface area (Å²) in [5, 5.41) is 9.24. The number of benzene rings is 1. The average molecular weight is 222 g/mol. The molecule has 2 rings (SSSR count). The second kappa shape index (κ2) is 5.21. The van der Waals surface area contributed by atoms with Crippen molar-refractivity contribution in [2.45, 2.75) is 25.9 Å². The van der Waals surface area contributed by atoms with Crippen LogP contribution in [-0.2, 0) is 6.61 Å². The zero-order valence-electron chi connectivity index (χ0n) is 9.61. The van der Waals surface area contributed by atoms with Gasteiger partial charge in [0, 0.05) is 5.56 Å². The summed E-state index contributed by atoms with van der Waals surface area (Å²) in [5.74, 6) is 2.07. The van der Waals surface area contributed by atoms with E-state index >= 15 is 0 Å². The molecule has 1 aromatic rings. The molecule has 3 nitrogen and oxygen atoms in total. The predicted octanol–water partition coefficient (Wildman–Crippen LogP) is 2.37. The molecule has 0 bridgehead atoms. The molecule has 88 valence electrons. The SMILES string of the molecule is COc1cccc(CO)c1OCC1CCC1. The fourth-order valence-electron chi connectivity index (χ4n) is 1.87. The van der Waals surface area contributed by atoms with E-state index < -0.39 is 0 Å². The minimum atomic E-state index is -0.0167. The van der Waals surface area contributed by atoms with Gasteiger partial charge in [0.25, 0.3) is 0 Å². The van der Waals surface area contributed by atoms with Crippen LogP contribution in [0.2, 0.25) is 0 Å². The fourth-order valence-corrected chi connectivity index (χ4v) is 1.87. The highest BCUT2D eigenvalue weighted by molar-refractivity contribution is 5.46. The Morgan fingerprint density at radius 1 is 1.38 bits per heavy atom. The van der Waals surface area contributed by atoms with E-state index in [4.69, 9.17) is 9.47 Å².